The second-order valence-corrected chi connectivity index (χ2v) is 3.35. The third-order valence-corrected chi connectivity index (χ3v) is 2.26. The summed E-state index contributed by atoms with van der Waals surface area (Å²) in [6.45, 7) is -0.0434. The average Bonchev–Trinajstić information content (AvgIpc) is 2.13. The molecule has 0 saturated carbocycles. The molecule has 0 aliphatic rings. The number of nitrogens with zero attached hydrogens (tertiary/aromatic N) is 1. The third-order valence-electron chi connectivity index (χ3n) is 1.74. The normalized spacial score (nSPS) is 12.9. The van der Waals surface area contributed by atoms with Gasteiger partial charge in [0.05, 0.1) is 17.7 Å². The zero-order valence-electron chi connectivity index (χ0n) is 7.09. The van der Waals surface area contributed by atoms with Crippen molar-refractivity contribution in [2.75, 3.05) is 13.7 Å². The first-order valence-electron chi connectivity index (χ1n) is 3.78. The van der Waals surface area contributed by atoms with Crippen molar-refractivity contribution in [3.63, 3.8) is 0 Å². The van der Waals surface area contributed by atoms with Gasteiger partial charge in [-0.25, -0.2) is 4.98 Å². The Balaban J connectivity index is 3.03. The van der Waals surface area contributed by atoms with E-state index in [-0.39, 0.29) is 12.6 Å². The Morgan fingerprint density at radius 1 is 1.62 bits per heavy atom. The van der Waals surface area contributed by atoms with E-state index in [2.05, 4.69) is 10.3 Å². The lowest BCUT2D eigenvalue weighted by Gasteiger charge is -2.14. The molecule has 0 radical (unpaired) electrons. The van der Waals surface area contributed by atoms with Crippen LogP contribution in [0.3, 0.4) is 0 Å². The van der Waals surface area contributed by atoms with Gasteiger partial charge < -0.3 is 10.4 Å². The van der Waals surface area contributed by atoms with E-state index in [1.54, 1.807) is 13.1 Å². The molecule has 1 aromatic heterocycles. The van der Waals surface area contributed by atoms with Gasteiger partial charge in [-0.3, -0.25) is 0 Å². The van der Waals surface area contributed by atoms with Gasteiger partial charge in [0.15, 0.2) is 0 Å². The van der Waals surface area contributed by atoms with Gasteiger partial charge in [-0.05, 0) is 13.1 Å². The van der Waals surface area contributed by atoms with Crippen LogP contribution >= 0.6 is 23.2 Å². The molecule has 0 unspecified atom stereocenters. The quantitative estimate of drug-likeness (QED) is 0.762. The molecule has 1 heterocycles. The van der Waals surface area contributed by atoms with Crippen molar-refractivity contribution >= 4 is 23.2 Å². The molecule has 0 aliphatic carbocycles. The molecule has 0 aromatic carbocycles. The smallest absolute Gasteiger partial charge is 0.133 e. The van der Waals surface area contributed by atoms with Crippen LogP contribution in [0.15, 0.2) is 12.3 Å². The van der Waals surface area contributed by atoms with Crippen LogP contribution in [-0.2, 0) is 0 Å². The lowest BCUT2D eigenvalue weighted by molar-refractivity contribution is 0.251. The van der Waals surface area contributed by atoms with E-state index < -0.39 is 0 Å². The van der Waals surface area contributed by atoms with Gasteiger partial charge in [0.2, 0.25) is 0 Å². The van der Waals surface area contributed by atoms with Crippen LogP contribution in [0.5, 0.6) is 0 Å². The number of likely N-dealkylation sites (N-methyl/N-ethyl adjacent to an activating group) is 1. The maximum absolute atomic E-state index is 9.00. The molecule has 1 aromatic rings. The topological polar surface area (TPSA) is 45.1 Å². The van der Waals surface area contributed by atoms with Crippen LogP contribution in [0, 0.1) is 0 Å². The standard InChI is InChI=1S/C8H10Cl2N2O/c1-11-7(4-13)6-2-5(9)3-12-8(6)10/h2-3,7,11,13H,4H2,1H3/t7-/m1/s1. The number of aromatic nitrogens is 1. The van der Waals surface area contributed by atoms with E-state index in [0.717, 1.165) is 0 Å². The zero-order valence-corrected chi connectivity index (χ0v) is 8.60. The molecule has 5 heteroatoms. The fourth-order valence-electron chi connectivity index (χ4n) is 1.03. The third kappa shape index (κ3) is 2.54. The molecular weight excluding hydrogens is 211 g/mol. The Bertz CT molecular complexity index is 289. The largest absolute Gasteiger partial charge is 0.394 e. The SMILES string of the molecule is CN[C@H](CO)c1cc(Cl)cnc1Cl. The molecular formula is C8H10Cl2N2O. The number of aliphatic hydroxyl groups is 1. The van der Waals surface area contributed by atoms with Crippen LogP contribution in [-0.4, -0.2) is 23.7 Å². The summed E-state index contributed by atoms with van der Waals surface area (Å²) in [6, 6.07) is 1.47. The molecule has 0 spiro atoms. The second-order valence-electron chi connectivity index (χ2n) is 2.56. The average molecular weight is 221 g/mol. The lowest BCUT2D eigenvalue weighted by atomic mass is 10.1. The highest BCUT2D eigenvalue weighted by atomic mass is 35.5. The van der Waals surface area contributed by atoms with E-state index in [1.807, 2.05) is 0 Å². The number of hydrogen-bond acceptors (Lipinski definition) is 3. The highest BCUT2D eigenvalue weighted by molar-refractivity contribution is 6.32. The van der Waals surface area contributed by atoms with Gasteiger partial charge in [-0.2, -0.15) is 0 Å². The molecule has 72 valence electrons. The number of nitrogens with one attached hydrogen (secondary N) is 1. The maximum Gasteiger partial charge on any atom is 0.133 e. The first kappa shape index (κ1) is 10.7. The summed E-state index contributed by atoms with van der Waals surface area (Å²) in [6.07, 6.45) is 1.47. The minimum Gasteiger partial charge on any atom is -0.394 e. The van der Waals surface area contributed by atoms with Crippen molar-refractivity contribution in [2.45, 2.75) is 6.04 Å². The van der Waals surface area contributed by atoms with Crippen LogP contribution in [0.2, 0.25) is 10.2 Å². The minimum absolute atomic E-state index is 0.0434. The van der Waals surface area contributed by atoms with Crippen LogP contribution in [0.1, 0.15) is 11.6 Å². The van der Waals surface area contributed by atoms with Gasteiger partial charge in [-0.15, -0.1) is 0 Å². The molecule has 0 amide bonds. The summed E-state index contributed by atoms with van der Waals surface area (Å²) in [5.41, 5.74) is 0.708. The Labute approximate surface area is 86.7 Å². The first-order chi connectivity index (χ1) is 6.19. The van der Waals surface area contributed by atoms with Gasteiger partial charge in [-0.1, -0.05) is 23.2 Å². The van der Waals surface area contributed by atoms with Crippen LogP contribution < -0.4 is 5.32 Å². The van der Waals surface area contributed by atoms with E-state index in [4.69, 9.17) is 28.3 Å². The number of hydrogen-bond donors (Lipinski definition) is 2. The Kier molecular flexibility index (Phi) is 3.93. The van der Waals surface area contributed by atoms with Crippen molar-refractivity contribution < 1.29 is 5.11 Å². The zero-order chi connectivity index (χ0) is 9.84. The highest BCUT2D eigenvalue weighted by Gasteiger charge is 2.12. The Morgan fingerprint density at radius 3 is 2.85 bits per heavy atom. The van der Waals surface area contributed by atoms with Gasteiger partial charge >= 0.3 is 0 Å². The molecule has 1 atom stereocenters. The molecule has 0 saturated heterocycles. The van der Waals surface area contributed by atoms with Crippen molar-refractivity contribution in [2.24, 2.45) is 0 Å². The predicted octanol–water partition coefficient (Wildman–Crippen LogP) is 1.64. The van der Waals surface area contributed by atoms with Crippen LogP contribution in [0.4, 0.5) is 0 Å². The number of aliphatic hydroxyl groups excluding tert-OH is 1. The molecule has 2 N–H and O–H groups in total. The molecule has 3 nitrogen and oxygen atoms in total. The minimum atomic E-state index is -0.223. The number of rotatable bonds is 3. The molecule has 0 aliphatic heterocycles. The number of halogens is 2. The van der Waals surface area contributed by atoms with Crippen molar-refractivity contribution in [3.8, 4) is 0 Å². The lowest BCUT2D eigenvalue weighted by Crippen LogP contribution is -2.20. The summed E-state index contributed by atoms with van der Waals surface area (Å²) < 4.78 is 0. The van der Waals surface area contributed by atoms with Gasteiger partial charge in [0.1, 0.15) is 5.15 Å². The van der Waals surface area contributed by atoms with E-state index in [1.165, 1.54) is 6.20 Å². The summed E-state index contributed by atoms with van der Waals surface area (Å²) in [4.78, 5) is 3.88. The summed E-state index contributed by atoms with van der Waals surface area (Å²) in [5, 5.41) is 12.8. The Hall–Kier alpha value is -0.350. The summed E-state index contributed by atoms with van der Waals surface area (Å²) in [7, 11) is 1.73. The first-order valence-corrected chi connectivity index (χ1v) is 4.53. The molecule has 0 fully saturated rings. The fraction of sp³-hybridized carbons (Fsp3) is 0.375. The van der Waals surface area contributed by atoms with Crippen molar-refractivity contribution in [3.05, 3.63) is 28.0 Å². The predicted molar refractivity (Wildman–Crippen MR) is 53.1 cm³/mol. The fourth-order valence-corrected chi connectivity index (χ4v) is 1.43. The van der Waals surface area contributed by atoms with E-state index >= 15 is 0 Å². The van der Waals surface area contributed by atoms with Gasteiger partial charge in [0, 0.05) is 11.8 Å². The van der Waals surface area contributed by atoms with E-state index in [9.17, 15) is 0 Å². The molecule has 13 heavy (non-hydrogen) atoms. The summed E-state index contributed by atoms with van der Waals surface area (Å²) in [5.74, 6) is 0. The monoisotopic (exact) mass is 220 g/mol. The summed E-state index contributed by atoms with van der Waals surface area (Å²) >= 11 is 11.6. The van der Waals surface area contributed by atoms with Crippen molar-refractivity contribution in [1.82, 2.24) is 10.3 Å². The second kappa shape index (κ2) is 4.77. The van der Waals surface area contributed by atoms with E-state index in [0.29, 0.717) is 15.7 Å². The number of pyridine rings is 1. The van der Waals surface area contributed by atoms with Crippen LogP contribution in [0.25, 0.3) is 0 Å². The highest BCUT2D eigenvalue weighted by Crippen LogP contribution is 2.23. The molecule has 0 bridgehead atoms. The van der Waals surface area contributed by atoms with Gasteiger partial charge in [0.25, 0.3) is 0 Å². The maximum atomic E-state index is 9.00. The van der Waals surface area contributed by atoms with Crippen molar-refractivity contribution in [1.29, 1.82) is 0 Å². The molecule has 1 rings (SSSR count). The Morgan fingerprint density at radius 2 is 2.31 bits per heavy atom.